The molecule has 2 atom stereocenters. The van der Waals surface area contributed by atoms with E-state index >= 15 is 0 Å². The van der Waals surface area contributed by atoms with Gasteiger partial charge in [-0.1, -0.05) is 26.0 Å². The standard InChI is InChI=1S/C27H45N9O7/c1-17(2)23(35-22(38)15-32-21(37)14-28)25(40)34-20(6-5-11-31-26(29)41)24(39)33-19-9-7-18(8-10-19)16-43-27(42)36(4)13-12-30-3/h7-10,17,20,23,30H,5-6,11-16,28H2,1-4H3,(H,32,37)(H,33,39)(H,34,40)(H,35,38)(H3,29,31,41)/t20-,23-/m0/s1. The highest BCUT2D eigenvalue weighted by molar-refractivity contribution is 5.98. The second kappa shape index (κ2) is 19.6. The van der Waals surface area contributed by atoms with Crippen molar-refractivity contribution in [2.45, 2.75) is 45.4 Å². The van der Waals surface area contributed by atoms with Crippen LogP contribution in [0.5, 0.6) is 0 Å². The minimum Gasteiger partial charge on any atom is -0.445 e. The number of hydrogen-bond donors (Lipinski definition) is 8. The van der Waals surface area contributed by atoms with Gasteiger partial charge < -0.3 is 53.0 Å². The van der Waals surface area contributed by atoms with E-state index in [1.54, 1.807) is 52.2 Å². The summed E-state index contributed by atoms with van der Waals surface area (Å²) < 4.78 is 5.29. The molecule has 16 nitrogen and oxygen atoms in total. The minimum atomic E-state index is -1.02. The molecule has 0 aliphatic rings. The summed E-state index contributed by atoms with van der Waals surface area (Å²) in [5.41, 5.74) is 11.5. The maximum atomic E-state index is 13.2. The van der Waals surface area contributed by atoms with Crippen molar-refractivity contribution in [3.8, 4) is 0 Å². The van der Waals surface area contributed by atoms with Crippen LogP contribution >= 0.6 is 0 Å². The van der Waals surface area contributed by atoms with Crippen molar-refractivity contribution in [2.24, 2.45) is 17.4 Å². The number of rotatable bonds is 18. The third-order valence-corrected chi connectivity index (χ3v) is 6.09. The predicted molar refractivity (Wildman–Crippen MR) is 159 cm³/mol. The van der Waals surface area contributed by atoms with E-state index in [0.717, 1.165) is 0 Å². The molecule has 0 radical (unpaired) electrons. The van der Waals surface area contributed by atoms with E-state index < -0.39 is 47.8 Å². The van der Waals surface area contributed by atoms with Crippen molar-refractivity contribution in [2.75, 3.05) is 52.1 Å². The van der Waals surface area contributed by atoms with Crippen molar-refractivity contribution < 1.29 is 33.5 Å². The van der Waals surface area contributed by atoms with Gasteiger partial charge in [-0.05, 0) is 43.5 Å². The number of amides is 7. The number of urea groups is 1. The Morgan fingerprint density at radius 1 is 0.930 bits per heavy atom. The largest absolute Gasteiger partial charge is 0.445 e. The Morgan fingerprint density at radius 2 is 1.60 bits per heavy atom. The van der Waals surface area contributed by atoms with Crippen LogP contribution in [-0.4, -0.2) is 99.6 Å². The smallest absolute Gasteiger partial charge is 0.409 e. The minimum absolute atomic E-state index is 0.0424. The van der Waals surface area contributed by atoms with Crippen LogP contribution in [0, 0.1) is 5.92 Å². The molecule has 240 valence electrons. The number of likely N-dealkylation sites (N-methyl/N-ethyl adjacent to an activating group) is 2. The number of hydrogen-bond acceptors (Lipinski definition) is 9. The molecule has 43 heavy (non-hydrogen) atoms. The van der Waals surface area contributed by atoms with E-state index in [2.05, 4.69) is 31.9 Å². The van der Waals surface area contributed by atoms with Crippen LogP contribution < -0.4 is 43.4 Å². The van der Waals surface area contributed by atoms with Gasteiger partial charge in [-0.3, -0.25) is 19.2 Å². The Morgan fingerprint density at radius 3 is 2.19 bits per heavy atom. The molecule has 0 spiro atoms. The van der Waals surface area contributed by atoms with Crippen molar-refractivity contribution in [1.29, 1.82) is 0 Å². The topological polar surface area (TPSA) is 239 Å². The lowest BCUT2D eigenvalue weighted by molar-refractivity contribution is -0.132. The fourth-order valence-corrected chi connectivity index (χ4v) is 3.60. The van der Waals surface area contributed by atoms with Gasteiger partial charge in [0.05, 0.1) is 13.1 Å². The Balaban J connectivity index is 2.87. The molecule has 0 aliphatic heterocycles. The van der Waals surface area contributed by atoms with Gasteiger partial charge in [-0.25, -0.2) is 9.59 Å². The van der Waals surface area contributed by atoms with Crippen LogP contribution in [0.2, 0.25) is 0 Å². The van der Waals surface area contributed by atoms with Crippen LogP contribution in [0.1, 0.15) is 32.3 Å². The van der Waals surface area contributed by atoms with E-state index in [1.165, 1.54) is 4.90 Å². The molecular weight excluding hydrogens is 562 g/mol. The average molecular weight is 608 g/mol. The lowest BCUT2D eigenvalue weighted by Gasteiger charge is -2.25. The third-order valence-electron chi connectivity index (χ3n) is 6.09. The van der Waals surface area contributed by atoms with E-state index in [-0.39, 0.29) is 38.6 Å². The van der Waals surface area contributed by atoms with Crippen molar-refractivity contribution in [3.63, 3.8) is 0 Å². The number of benzene rings is 1. The average Bonchev–Trinajstić information content (AvgIpc) is 2.97. The molecular formula is C27H45N9O7. The zero-order chi connectivity index (χ0) is 32.4. The van der Waals surface area contributed by atoms with Gasteiger partial charge >= 0.3 is 12.1 Å². The molecule has 0 aliphatic carbocycles. The summed E-state index contributed by atoms with van der Waals surface area (Å²) >= 11 is 0. The summed E-state index contributed by atoms with van der Waals surface area (Å²) in [5, 5.41) is 15.7. The molecule has 7 amide bonds. The summed E-state index contributed by atoms with van der Waals surface area (Å²) in [7, 11) is 3.42. The summed E-state index contributed by atoms with van der Waals surface area (Å²) in [6.07, 6.45) is 0.00414. The molecule has 16 heteroatoms. The highest BCUT2D eigenvalue weighted by Crippen LogP contribution is 2.13. The van der Waals surface area contributed by atoms with Crippen molar-refractivity contribution in [3.05, 3.63) is 29.8 Å². The molecule has 1 aromatic carbocycles. The first-order valence-electron chi connectivity index (χ1n) is 13.9. The number of carbonyl (C=O) groups is 6. The molecule has 1 rings (SSSR count). The molecule has 0 unspecified atom stereocenters. The first kappa shape index (κ1) is 36.6. The number of ether oxygens (including phenoxy) is 1. The summed E-state index contributed by atoms with van der Waals surface area (Å²) in [6, 6.07) is 3.90. The van der Waals surface area contributed by atoms with Crippen LogP contribution in [0.25, 0.3) is 0 Å². The zero-order valence-electron chi connectivity index (χ0n) is 25.2. The fraction of sp³-hybridized carbons (Fsp3) is 0.556. The van der Waals surface area contributed by atoms with Crippen LogP contribution in [0.4, 0.5) is 15.3 Å². The van der Waals surface area contributed by atoms with E-state index in [9.17, 15) is 28.8 Å². The lowest BCUT2D eigenvalue weighted by Crippen LogP contribution is -2.55. The van der Waals surface area contributed by atoms with Gasteiger partial charge in [0, 0.05) is 32.4 Å². The second-order valence-electron chi connectivity index (χ2n) is 10.0. The van der Waals surface area contributed by atoms with Gasteiger partial charge in [0.15, 0.2) is 0 Å². The summed E-state index contributed by atoms with van der Waals surface area (Å²) in [6.45, 7) is 4.13. The van der Waals surface area contributed by atoms with E-state index in [4.69, 9.17) is 16.2 Å². The zero-order valence-corrected chi connectivity index (χ0v) is 25.2. The van der Waals surface area contributed by atoms with Crippen molar-refractivity contribution >= 4 is 41.4 Å². The molecule has 0 saturated carbocycles. The Kier molecular flexibility index (Phi) is 16.7. The van der Waals surface area contributed by atoms with Gasteiger partial charge in [-0.15, -0.1) is 0 Å². The summed E-state index contributed by atoms with van der Waals surface area (Å²) in [4.78, 5) is 74.5. The number of nitrogens with one attached hydrogen (secondary N) is 6. The van der Waals surface area contributed by atoms with Crippen LogP contribution in [0.15, 0.2) is 24.3 Å². The van der Waals surface area contributed by atoms with E-state index in [0.29, 0.717) is 30.8 Å². The molecule has 0 saturated heterocycles. The van der Waals surface area contributed by atoms with Gasteiger partial charge in [0.25, 0.3) is 0 Å². The fourth-order valence-electron chi connectivity index (χ4n) is 3.60. The Labute approximate surface area is 251 Å². The number of nitrogens with zero attached hydrogens (tertiary/aromatic N) is 1. The maximum absolute atomic E-state index is 13.2. The Bertz CT molecular complexity index is 1080. The SMILES string of the molecule is CNCCN(C)C(=O)OCc1ccc(NC(=O)[C@H](CCCNC(N)=O)NC(=O)[C@@H](NC(=O)CNC(=O)CN)C(C)C)cc1. The summed E-state index contributed by atoms with van der Waals surface area (Å²) in [5.74, 6) is -2.60. The highest BCUT2D eigenvalue weighted by Gasteiger charge is 2.29. The van der Waals surface area contributed by atoms with Gasteiger partial charge in [-0.2, -0.15) is 0 Å². The molecule has 0 heterocycles. The predicted octanol–water partition coefficient (Wildman–Crippen LogP) is -1.44. The van der Waals surface area contributed by atoms with Gasteiger partial charge in [0.1, 0.15) is 18.7 Å². The lowest BCUT2D eigenvalue weighted by atomic mass is 10.0. The molecule has 0 bridgehead atoms. The molecule has 0 fully saturated rings. The van der Waals surface area contributed by atoms with Crippen LogP contribution in [0.3, 0.4) is 0 Å². The number of nitrogens with two attached hydrogens (primary N) is 2. The quantitative estimate of drug-likeness (QED) is 0.0911. The van der Waals surface area contributed by atoms with Crippen LogP contribution in [-0.2, 0) is 30.5 Å². The second-order valence-corrected chi connectivity index (χ2v) is 10.0. The normalized spacial score (nSPS) is 12.0. The number of primary amides is 1. The van der Waals surface area contributed by atoms with E-state index in [1.807, 2.05) is 0 Å². The van der Waals surface area contributed by atoms with Gasteiger partial charge in [0.2, 0.25) is 23.6 Å². The first-order chi connectivity index (χ1) is 20.4. The third kappa shape index (κ3) is 14.8. The Hall–Kier alpha value is -4.44. The number of carbonyl (C=O) groups excluding carboxylic acids is 6. The molecule has 0 aromatic heterocycles. The van der Waals surface area contributed by atoms with Crippen molar-refractivity contribution in [1.82, 2.24) is 31.5 Å². The maximum Gasteiger partial charge on any atom is 0.409 e. The molecule has 10 N–H and O–H groups in total. The monoisotopic (exact) mass is 607 g/mol. The first-order valence-corrected chi connectivity index (χ1v) is 13.9. The molecule has 1 aromatic rings. The highest BCUT2D eigenvalue weighted by atomic mass is 16.6. The number of anilines is 1.